The summed E-state index contributed by atoms with van der Waals surface area (Å²) in [5.74, 6) is 5.46. The number of hydrogen-bond acceptors (Lipinski definition) is 5. The number of rotatable bonds is 3. The van der Waals surface area contributed by atoms with Crippen LogP contribution < -0.4 is 10.5 Å². The summed E-state index contributed by atoms with van der Waals surface area (Å²) in [5, 5.41) is -0.162. The van der Waals surface area contributed by atoms with Gasteiger partial charge in [-0.15, -0.1) is 0 Å². The molecule has 0 aliphatic heterocycles. The molecule has 0 saturated heterocycles. The van der Waals surface area contributed by atoms with Crippen LogP contribution in [-0.4, -0.2) is 25.2 Å². The zero-order valence-electron chi connectivity index (χ0n) is 9.02. The summed E-state index contributed by atoms with van der Waals surface area (Å²) in [5.41, 5.74) is 5.22. The topological polar surface area (TPSA) is 85.1 Å². The summed E-state index contributed by atoms with van der Waals surface area (Å²) in [7, 11) is -3.33. The van der Waals surface area contributed by atoms with Crippen molar-refractivity contribution in [1.82, 2.24) is 4.98 Å². The molecule has 0 unspecified atom stereocenters. The fourth-order valence-electron chi connectivity index (χ4n) is 0.757. The van der Waals surface area contributed by atoms with Crippen LogP contribution >= 0.6 is 11.3 Å². The predicted molar refractivity (Wildman–Crippen MR) is 65.7 cm³/mol. The number of nitrogens with two attached hydrogens (primary N) is 1. The number of aromatic nitrogens is 1. The Morgan fingerprint density at radius 1 is 1.62 bits per heavy atom. The van der Waals surface area contributed by atoms with Gasteiger partial charge in [-0.1, -0.05) is 23.2 Å². The smallest absolute Gasteiger partial charge is 0.236 e. The molecule has 3 N–H and O–H groups in total. The molecule has 0 saturated carbocycles. The molecule has 1 aromatic heterocycles. The minimum atomic E-state index is -3.33. The van der Waals surface area contributed by atoms with Crippen LogP contribution in [0, 0.1) is 11.8 Å². The van der Waals surface area contributed by atoms with Gasteiger partial charge < -0.3 is 5.73 Å². The van der Waals surface area contributed by atoms with Gasteiger partial charge in [0.15, 0.2) is 5.13 Å². The first-order chi connectivity index (χ1) is 7.45. The van der Waals surface area contributed by atoms with Gasteiger partial charge in [0.05, 0.1) is 22.9 Å². The first-order valence-corrected chi connectivity index (χ1v) is 6.98. The fraction of sp³-hybridized carbons (Fsp3) is 0.444. The van der Waals surface area contributed by atoms with E-state index in [1.165, 1.54) is 17.5 Å². The third-order valence-electron chi connectivity index (χ3n) is 1.67. The minimum Gasteiger partial charge on any atom is -0.320 e. The van der Waals surface area contributed by atoms with Gasteiger partial charge in [-0.05, 0) is 13.8 Å². The van der Waals surface area contributed by atoms with E-state index in [9.17, 15) is 8.42 Å². The van der Waals surface area contributed by atoms with Gasteiger partial charge in [0, 0.05) is 0 Å². The second-order valence-corrected chi connectivity index (χ2v) is 6.50. The van der Waals surface area contributed by atoms with Gasteiger partial charge in [-0.25, -0.2) is 13.4 Å². The molecule has 1 aromatic rings. The largest absolute Gasteiger partial charge is 0.320 e. The second kappa shape index (κ2) is 5.30. The fourth-order valence-corrected chi connectivity index (χ4v) is 2.35. The quantitative estimate of drug-likeness (QED) is 0.779. The maximum atomic E-state index is 11.5. The minimum absolute atomic E-state index is 0.269. The lowest BCUT2D eigenvalue weighted by Gasteiger charge is -2.06. The lowest BCUT2D eigenvalue weighted by molar-refractivity contribution is 0.592. The molecule has 0 radical (unpaired) electrons. The Balaban J connectivity index is 2.81. The lowest BCUT2D eigenvalue weighted by atomic mass is 10.5. The molecule has 0 aliphatic carbocycles. The van der Waals surface area contributed by atoms with E-state index in [0.29, 0.717) is 10.0 Å². The predicted octanol–water partition coefficient (Wildman–Crippen LogP) is 0.603. The number of hydrogen-bond donors (Lipinski definition) is 2. The lowest BCUT2D eigenvalue weighted by Crippen LogP contribution is -2.22. The van der Waals surface area contributed by atoms with E-state index in [0.717, 1.165) is 0 Å². The van der Waals surface area contributed by atoms with Crippen molar-refractivity contribution in [2.75, 3.05) is 11.3 Å². The zero-order valence-corrected chi connectivity index (χ0v) is 10.7. The summed E-state index contributed by atoms with van der Waals surface area (Å²) < 4.78 is 25.4. The normalized spacial score (nSPS) is 11.0. The molecule has 1 rings (SSSR count). The summed E-state index contributed by atoms with van der Waals surface area (Å²) in [6.07, 6.45) is 1.52. The maximum absolute atomic E-state index is 11.5. The van der Waals surface area contributed by atoms with Gasteiger partial charge in [0.25, 0.3) is 0 Å². The standard InChI is InChI=1S/C9H13N3O2S2/c1-7(2)16(13,14)12-9-11-6-8(15-9)4-3-5-10/h6-7H,5,10H2,1-2H3,(H,11,12). The number of sulfonamides is 1. The summed E-state index contributed by atoms with van der Waals surface area (Å²) in [6, 6.07) is 0. The third-order valence-corrected chi connectivity index (χ3v) is 4.35. The van der Waals surface area contributed by atoms with Crippen molar-refractivity contribution >= 4 is 26.5 Å². The average Bonchev–Trinajstić information content (AvgIpc) is 2.61. The van der Waals surface area contributed by atoms with Crippen molar-refractivity contribution in [3.05, 3.63) is 11.1 Å². The van der Waals surface area contributed by atoms with Crippen LogP contribution in [0.5, 0.6) is 0 Å². The highest BCUT2D eigenvalue weighted by Crippen LogP contribution is 2.19. The monoisotopic (exact) mass is 259 g/mol. The second-order valence-electron chi connectivity index (χ2n) is 3.23. The van der Waals surface area contributed by atoms with Crippen molar-refractivity contribution in [3.8, 4) is 11.8 Å². The molecule has 0 aromatic carbocycles. The van der Waals surface area contributed by atoms with Crippen LogP contribution in [0.2, 0.25) is 0 Å². The van der Waals surface area contributed by atoms with E-state index in [-0.39, 0.29) is 6.54 Å². The first-order valence-electron chi connectivity index (χ1n) is 4.62. The molecule has 7 heteroatoms. The van der Waals surface area contributed by atoms with Crippen LogP contribution in [-0.2, 0) is 10.0 Å². The van der Waals surface area contributed by atoms with Crippen LogP contribution in [0.1, 0.15) is 18.7 Å². The Labute approximate surface area is 99.1 Å². The summed E-state index contributed by atoms with van der Waals surface area (Å²) in [6.45, 7) is 3.47. The Morgan fingerprint density at radius 3 is 2.88 bits per heavy atom. The molecular formula is C9H13N3O2S2. The number of nitrogens with one attached hydrogen (secondary N) is 1. The van der Waals surface area contributed by atoms with E-state index >= 15 is 0 Å². The van der Waals surface area contributed by atoms with Crippen molar-refractivity contribution < 1.29 is 8.42 Å². The van der Waals surface area contributed by atoms with E-state index in [2.05, 4.69) is 21.5 Å². The van der Waals surface area contributed by atoms with Crippen molar-refractivity contribution in [1.29, 1.82) is 0 Å². The number of nitrogens with zero attached hydrogens (tertiary/aromatic N) is 1. The van der Waals surface area contributed by atoms with Gasteiger partial charge in [-0.3, -0.25) is 4.72 Å². The third kappa shape index (κ3) is 3.48. The van der Waals surface area contributed by atoms with Crippen molar-refractivity contribution in [3.63, 3.8) is 0 Å². The molecule has 0 bridgehead atoms. The molecule has 0 spiro atoms. The molecule has 0 amide bonds. The van der Waals surface area contributed by atoms with E-state index in [4.69, 9.17) is 5.73 Å². The SMILES string of the molecule is CC(C)S(=O)(=O)Nc1ncc(C#CCN)s1. The van der Waals surface area contributed by atoms with Gasteiger partial charge >= 0.3 is 0 Å². The van der Waals surface area contributed by atoms with E-state index < -0.39 is 15.3 Å². The molecular weight excluding hydrogens is 246 g/mol. The van der Waals surface area contributed by atoms with E-state index in [1.807, 2.05) is 0 Å². The van der Waals surface area contributed by atoms with Crippen molar-refractivity contribution in [2.24, 2.45) is 5.73 Å². The Bertz CT molecular complexity index is 508. The van der Waals surface area contributed by atoms with Gasteiger partial charge in [0.1, 0.15) is 0 Å². The first kappa shape index (κ1) is 13.0. The highest BCUT2D eigenvalue weighted by atomic mass is 32.2. The number of anilines is 1. The molecule has 0 fully saturated rings. The highest BCUT2D eigenvalue weighted by molar-refractivity contribution is 7.93. The van der Waals surface area contributed by atoms with Crippen molar-refractivity contribution in [2.45, 2.75) is 19.1 Å². The molecule has 16 heavy (non-hydrogen) atoms. The molecule has 1 heterocycles. The molecule has 88 valence electrons. The Hall–Kier alpha value is -1.10. The zero-order chi connectivity index (χ0) is 12.2. The Morgan fingerprint density at radius 2 is 2.31 bits per heavy atom. The average molecular weight is 259 g/mol. The maximum Gasteiger partial charge on any atom is 0.236 e. The van der Waals surface area contributed by atoms with Gasteiger partial charge in [-0.2, -0.15) is 0 Å². The highest BCUT2D eigenvalue weighted by Gasteiger charge is 2.16. The summed E-state index contributed by atoms with van der Waals surface area (Å²) >= 11 is 1.19. The molecule has 0 aliphatic rings. The van der Waals surface area contributed by atoms with Gasteiger partial charge in [0.2, 0.25) is 10.0 Å². The number of thiazole rings is 1. The Kier molecular flexibility index (Phi) is 4.29. The van der Waals surface area contributed by atoms with Crippen LogP contribution in [0.25, 0.3) is 0 Å². The van der Waals surface area contributed by atoms with Crippen LogP contribution in [0.3, 0.4) is 0 Å². The van der Waals surface area contributed by atoms with E-state index in [1.54, 1.807) is 13.8 Å². The molecule has 0 atom stereocenters. The summed E-state index contributed by atoms with van der Waals surface area (Å²) in [4.78, 5) is 4.61. The van der Waals surface area contributed by atoms with Crippen LogP contribution in [0.15, 0.2) is 6.20 Å². The van der Waals surface area contributed by atoms with Crippen LogP contribution in [0.4, 0.5) is 5.13 Å². The molecule has 5 nitrogen and oxygen atoms in total.